The monoisotopic (exact) mass is 266 g/mol. The van der Waals surface area contributed by atoms with E-state index in [2.05, 4.69) is 0 Å². The van der Waals surface area contributed by atoms with Crippen molar-refractivity contribution in [1.82, 2.24) is 0 Å². The molecule has 96 valence electrons. The van der Waals surface area contributed by atoms with E-state index in [-0.39, 0.29) is 16.2 Å². The number of rotatable bonds is 3. The van der Waals surface area contributed by atoms with Gasteiger partial charge in [0.25, 0.3) is 0 Å². The molecule has 2 rings (SSSR count). The summed E-state index contributed by atoms with van der Waals surface area (Å²) >= 11 is 0. The molecule has 1 aromatic rings. The molecule has 0 aliphatic carbocycles. The van der Waals surface area contributed by atoms with Crippen LogP contribution in [0, 0.1) is 12.8 Å². The van der Waals surface area contributed by atoms with Gasteiger partial charge in [0.2, 0.25) is 9.84 Å². The van der Waals surface area contributed by atoms with Crippen LogP contribution in [0.15, 0.2) is 28.0 Å². The van der Waals surface area contributed by atoms with Gasteiger partial charge in [-0.15, -0.1) is 0 Å². The molecule has 0 bridgehead atoms. The summed E-state index contributed by atoms with van der Waals surface area (Å²) in [6.07, 6.45) is 1.63. The van der Waals surface area contributed by atoms with Crippen LogP contribution in [0.1, 0.15) is 24.5 Å². The van der Waals surface area contributed by atoms with E-state index in [9.17, 15) is 13.2 Å². The van der Waals surface area contributed by atoms with E-state index in [1.807, 2.05) is 13.0 Å². The van der Waals surface area contributed by atoms with E-state index in [1.165, 1.54) is 6.92 Å². The molecule has 0 aromatic heterocycles. The maximum atomic E-state index is 12.2. The normalized spacial score (nSPS) is 18.0. The van der Waals surface area contributed by atoms with Gasteiger partial charge >= 0.3 is 5.97 Å². The van der Waals surface area contributed by atoms with E-state index in [0.717, 1.165) is 5.56 Å². The van der Waals surface area contributed by atoms with Gasteiger partial charge in [-0.3, -0.25) is 4.79 Å². The Morgan fingerprint density at radius 2 is 2.06 bits per heavy atom. The van der Waals surface area contributed by atoms with Gasteiger partial charge in [-0.2, -0.15) is 0 Å². The van der Waals surface area contributed by atoms with E-state index >= 15 is 0 Å². The third-order valence-corrected chi connectivity index (χ3v) is 5.06. The lowest BCUT2D eigenvalue weighted by Crippen LogP contribution is -2.12. The number of carboxylic acids is 1. The Morgan fingerprint density at radius 3 is 2.61 bits per heavy atom. The summed E-state index contributed by atoms with van der Waals surface area (Å²) in [7, 11) is -3.50. The molecule has 0 fully saturated rings. The molecule has 0 amide bonds. The second-order valence-corrected chi connectivity index (χ2v) is 6.52. The second-order valence-electron chi connectivity index (χ2n) is 4.54. The zero-order valence-corrected chi connectivity index (χ0v) is 11.0. The maximum absolute atomic E-state index is 12.2. The fraction of sp³-hybridized carbons (Fsp3) is 0.308. The minimum Gasteiger partial charge on any atom is -0.481 e. The molecule has 1 heterocycles. The highest BCUT2D eigenvalue weighted by Crippen LogP contribution is 2.37. The molecule has 1 atom stereocenters. The van der Waals surface area contributed by atoms with E-state index in [0.29, 0.717) is 5.56 Å². The summed E-state index contributed by atoms with van der Waals surface area (Å²) in [6.45, 7) is 3.35. The van der Waals surface area contributed by atoms with Crippen molar-refractivity contribution >= 4 is 21.9 Å². The van der Waals surface area contributed by atoms with Crippen LogP contribution in [0.5, 0.6) is 0 Å². The van der Waals surface area contributed by atoms with Crippen molar-refractivity contribution in [2.45, 2.75) is 25.2 Å². The maximum Gasteiger partial charge on any atom is 0.306 e. The highest BCUT2D eigenvalue weighted by molar-refractivity contribution is 7.95. The van der Waals surface area contributed by atoms with Gasteiger partial charge in [0.15, 0.2) is 0 Å². The number of allylic oxidation sites excluding steroid dienone is 1. The molecule has 5 heteroatoms. The minimum atomic E-state index is -3.50. The number of fused-ring (bicyclic) bond motifs is 1. The average Bonchev–Trinajstić information content (AvgIpc) is 2.53. The van der Waals surface area contributed by atoms with Crippen molar-refractivity contribution < 1.29 is 18.3 Å². The van der Waals surface area contributed by atoms with Crippen molar-refractivity contribution in [1.29, 1.82) is 0 Å². The molecule has 0 saturated carbocycles. The van der Waals surface area contributed by atoms with E-state index in [4.69, 9.17) is 5.11 Å². The van der Waals surface area contributed by atoms with Crippen LogP contribution in [0.2, 0.25) is 0 Å². The first-order valence-corrected chi connectivity index (χ1v) is 7.10. The van der Waals surface area contributed by atoms with Crippen molar-refractivity contribution in [3.8, 4) is 0 Å². The first kappa shape index (κ1) is 12.8. The molecule has 4 nitrogen and oxygen atoms in total. The Balaban J connectivity index is 2.46. The van der Waals surface area contributed by atoms with Crippen LogP contribution in [0.25, 0.3) is 6.08 Å². The number of aryl methyl sites for hydroxylation is 1. The predicted molar refractivity (Wildman–Crippen MR) is 67.8 cm³/mol. The van der Waals surface area contributed by atoms with Crippen LogP contribution in [-0.2, 0) is 14.6 Å². The molecule has 1 aromatic carbocycles. The summed E-state index contributed by atoms with van der Waals surface area (Å²) < 4.78 is 24.5. The first-order chi connectivity index (χ1) is 8.34. The molecular weight excluding hydrogens is 252 g/mol. The Labute approximate surface area is 106 Å². The largest absolute Gasteiger partial charge is 0.481 e. The Hall–Kier alpha value is -1.62. The number of hydrogen-bond acceptors (Lipinski definition) is 3. The molecule has 0 saturated heterocycles. The summed E-state index contributed by atoms with van der Waals surface area (Å²) in [4.78, 5) is 11.3. The van der Waals surface area contributed by atoms with Crippen molar-refractivity contribution in [2.75, 3.05) is 0 Å². The van der Waals surface area contributed by atoms with Gasteiger partial charge in [0, 0.05) is 0 Å². The SMILES string of the molecule is Cc1cccc2c1C=C(CC(C)C(=O)O)S2(=O)=O. The highest BCUT2D eigenvalue weighted by atomic mass is 32.2. The Bertz CT molecular complexity index is 641. The first-order valence-electron chi connectivity index (χ1n) is 5.62. The van der Waals surface area contributed by atoms with Gasteiger partial charge in [0.1, 0.15) is 0 Å². The van der Waals surface area contributed by atoms with Gasteiger partial charge in [0.05, 0.1) is 15.7 Å². The molecule has 0 spiro atoms. The molecule has 1 N–H and O–H groups in total. The fourth-order valence-electron chi connectivity index (χ4n) is 2.01. The lowest BCUT2D eigenvalue weighted by molar-refractivity contribution is -0.141. The van der Waals surface area contributed by atoms with Crippen molar-refractivity contribution in [3.05, 3.63) is 34.2 Å². The Morgan fingerprint density at radius 1 is 1.39 bits per heavy atom. The fourth-order valence-corrected chi connectivity index (χ4v) is 3.80. The molecule has 0 radical (unpaired) electrons. The van der Waals surface area contributed by atoms with Gasteiger partial charge < -0.3 is 5.11 Å². The molecule has 18 heavy (non-hydrogen) atoms. The summed E-state index contributed by atoms with van der Waals surface area (Å²) in [5.74, 6) is -1.69. The lowest BCUT2D eigenvalue weighted by Gasteiger charge is -2.07. The second kappa shape index (κ2) is 4.24. The molecule has 1 unspecified atom stereocenters. The average molecular weight is 266 g/mol. The number of carboxylic acid groups (broad SMARTS) is 1. The zero-order chi connectivity index (χ0) is 13.5. The number of hydrogen-bond donors (Lipinski definition) is 1. The number of aliphatic carboxylic acids is 1. The topological polar surface area (TPSA) is 71.4 Å². The van der Waals surface area contributed by atoms with Crippen molar-refractivity contribution in [2.24, 2.45) is 5.92 Å². The molecule has 1 aliphatic rings. The summed E-state index contributed by atoms with van der Waals surface area (Å²) in [6, 6.07) is 5.10. The van der Waals surface area contributed by atoms with E-state index < -0.39 is 21.7 Å². The van der Waals surface area contributed by atoms with Crippen LogP contribution in [0.3, 0.4) is 0 Å². The Kier molecular flexibility index (Phi) is 3.02. The number of benzene rings is 1. The van der Waals surface area contributed by atoms with Crippen LogP contribution >= 0.6 is 0 Å². The third-order valence-electron chi connectivity index (χ3n) is 3.15. The number of carbonyl (C=O) groups is 1. The molecule has 1 aliphatic heterocycles. The van der Waals surface area contributed by atoms with Crippen LogP contribution in [0.4, 0.5) is 0 Å². The van der Waals surface area contributed by atoms with Crippen LogP contribution in [-0.4, -0.2) is 19.5 Å². The van der Waals surface area contributed by atoms with Crippen molar-refractivity contribution in [3.63, 3.8) is 0 Å². The highest BCUT2D eigenvalue weighted by Gasteiger charge is 2.32. The van der Waals surface area contributed by atoms with Crippen LogP contribution < -0.4 is 0 Å². The minimum absolute atomic E-state index is 0.0335. The van der Waals surface area contributed by atoms with Gasteiger partial charge in [-0.05, 0) is 36.6 Å². The molecular formula is C13H14O4S. The zero-order valence-electron chi connectivity index (χ0n) is 10.2. The van der Waals surface area contributed by atoms with E-state index in [1.54, 1.807) is 18.2 Å². The quantitative estimate of drug-likeness (QED) is 0.910. The lowest BCUT2D eigenvalue weighted by atomic mass is 10.1. The smallest absolute Gasteiger partial charge is 0.306 e. The predicted octanol–water partition coefficient (Wildman–Crippen LogP) is 2.23. The van der Waals surface area contributed by atoms with Gasteiger partial charge in [-0.1, -0.05) is 19.1 Å². The third kappa shape index (κ3) is 1.95. The summed E-state index contributed by atoms with van der Waals surface area (Å²) in [5.41, 5.74) is 1.57. The summed E-state index contributed by atoms with van der Waals surface area (Å²) in [5, 5.41) is 8.86. The number of sulfone groups is 1. The standard InChI is InChI=1S/C13H14O4S/c1-8-4-3-5-12-11(8)7-10(18(12,16)17)6-9(2)13(14)15/h3-5,7,9H,6H2,1-2H3,(H,14,15). The van der Waals surface area contributed by atoms with Gasteiger partial charge in [-0.25, -0.2) is 8.42 Å².